The van der Waals surface area contributed by atoms with Crippen molar-refractivity contribution in [3.8, 4) is 0 Å². The zero-order valence-electron chi connectivity index (χ0n) is 12.6. The molecule has 118 valence electrons. The van der Waals surface area contributed by atoms with E-state index in [2.05, 4.69) is 52.5 Å². The molecule has 1 fully saturated rings. The van der Waals surface area contributed by atoms with Crippen LogP contribution in [0.1, 0.15) is 38.7 Å². The van der Waals surface area contributed by atoms with Crippen LogP contribution in [0.2, 0.25) is 0 Å². The summed E-state index contributed by atoms with van der Waals surface area (Å²) in [5, 5.41) is 6.50. The van der Waals surface area contributed by atoms with Crippen LogP contribution >= 0.6 is 28.3 Å². The van der Waals surface area contributed by atoms with Crippen molar-refractivity contribution in [1.29, 1.82) is 0 Å². The number of halogens is 2. The molecule has 1 saturated heterocycles. The summed E-state index contributed by atoms with van der Waals surface area (Å²) in [7, 11) is 0. The molecule has 21 heavy (non-hydrogen) atoms. The molecule has 0 saturated carbocycles. The summed E-state index contributed by atoms with van der Waals surface area (Å²) in [5.74, 6) is 0.682. The number of benzene rings is 1. The second kappa shape index (κ2) is 8.16. The highest BCUT2D eigenvalue weighted by atomic mass is 79.9. The van der Waals surface area contributed by atoms with Gasteiger partial charge in [-0.3, -0.25) is 4.79 Å². The molecular weight excluding hydrogens is 352 g/mol. The first-order valence-corrected chi connectivity index (χ1v) is 8.04. The van der Waals surface area contributed by atoms with Gasteiger partial charge < -0.3 is 10.6 Å². The molecule has 1 aliphatic rings. The number of nitrogens with one attached hydrogen (secondary N) is 2. The fraction of sp³-hybridized carbons (Fsp3) is 0.562. The average molecular weight is 376 g/mol. The number of hydrogen-bond acceptors (Lipinski definition) is 2. The van der Waals surface area contributed by atoms with Crippen molar-refractivity contribution in [2.75, 3.05) is 13.1 Å². The Morgan fingerprint density at radius 1 is 1.29 bits per heavy atom. The van der Waals surface area contributed by atoms with Crippen LogP contribution < -0.4 is 10.6 Å². The molecule has 3 nitrogen and oxygen atoms in total. The predicted molar refractivity (Wildman–Crippen MR) is 92.8 cm³/mol. The Balaban J connectivity index is 0.00000220. The molecule has 5 heteroatoms. The van der Waals surface area contributed by atoms with Crippen LogP contribution in [-0.4, -0.2) is 19.0 Å². The fourth-order valence-electron chi connectivity index (χ4n) is 2.69. The lowest BCUT2D eigenvalue weighted by Gasteiger charge is -2.29. The molecule has 0 spiro atoms. The third kappa shape index (κ3) is 5.61. The van der Waals surface area contributed by atoms with E-state index < -0.39 is 0 Å². The van der Waals surface area contributed by atoms with E-state index >= 15 is 0 Å². The summed E-state index contributed by atoms with van der Waals surface area (Å²) < 4.78 is 1.05. The number of rotatable bonds is 4. The van der Waals surface area contributed by atoms with Gasteiger partial charge in [-0.15, -0.1) is 12.4 Å². The largest absolute Gasteiger partial charge is 0.347 e. The molecule has 0 unspecified atom stereocenters. The van der Waals surface area contributed by atoms with Gasteiger partial charge in [-0.05, 0) is 63.4 Å². The highest BCUT2D eigenvalue weighted by Gasteiger charge is 2.24. The number of hydrogen-bond donors (Lipinski definition) is 2. The van der Waals surface area contributed by atoms with Gasteiger partial charge in [0.05, 0.1) is 5.54 Å². The fourth-order valence-corrected chi connectivity index (χ4v) is 2.95. The van der Waals surface area contributed by atoms with Gasteiger partial charge >= 0.3 is 0 Å². The van der Waals surface area contributed by atoms with Crippen LogP contribution in [0.15, 0.2) is 28.7 Å². The maximum atomic E-state index is 12.2. The van der Waals surface area contributed by atoms with Crippen molar-refractivity contribution in [1.82, 2.24) is 10.6 Å². The van der Waals surface area contributed by atoms with Gasteiger partial charge in [0, 0.05) is 10.9 Å². The minimum Gasteiger partial charge on any atom is -0.347 e. The number of amides is 1. The molecule has 0 aromatic heterocycles. The van der Waals surface area contributed by atoms with Crippen LogP contribution in [0.3, 0.4) is 0 Å². The SMILES string of the molecule is CC(C)(NC(=O)CC1CCNCC1)c1ccc(Br)cc1.Cl. The Hall–Kier alpha value is -0.580. The van der Waals surface area contributed by atoms with Crippen molar-refractivity contribution in [2.24, 2.45) is 5.92 Å². The highest BCUT2D eigenvalue weighted by molar-refractivity contribution is 9.10. The monoisotopic (exact) mass is 374 g/mol. The van der Waals surface area contributed by atoms with E-state index in [-0.39, 0.29) is 23.9 Å². The van der Waals surface area contributed by atoms with Gasteiger partial charge in [0.25, 0.3) is 0 Å². The zero-order valence-corrected chi connectivity index (χ0v) is 15.0. The summed E-state index contributed by atoms with van der Waals surface area (Å²) in [4.78, 5) is 12.2. The van der Waals surface area contributed by atoms with E-state index in [4.69, 9.17) is 0 Å². The zero-order chi connectivity index (χ0) is 14.6. The second-order valence-corrected chi connectivity index (χ2v) is 6.99. The minimum atomic E-state index is -0.329. The molecule has 0 bridgehead atoms. The molecule has 2 rings (SSSR count). The molecule has 0 atom stereocenters. The normalized spacial score (nSPS) is 16.1. The first-order chi connectivity index (χ1) is 9.47. The molecule has 0 radical (unpaired) electrons. The van der Waals surface area contributed by atoms with Crippen LogP contribution in [0, 0.1) is 5.92 Å². The van der Waals surface area contributed by atoms with Gasteiger partial charge in [-0.1, -0.05) is 28.1 Å². The lowest BCUT2D eigenvalue weighted by atomic mass is 9.91. The first-order valence-electron chi connectivity index (χ1n) is 7.25. The molecule has 1 aromatic rings. The maximum absolute atomic E-state index is 12.2. The van der Waals surface area contributed by atoms with E-state index in [1.165, 1.54) is 0 Å². The molecule has 0 aliphatic carbocycles. The second-order valence-electron chi connectivity index (χ2n) is 6.08. The molecule has 1 aromatic carbocycles. The van der Waals surface area contributed by atoms with E-state index in [0.717, 1.165) is 36.0 Å². The van der Waals surface area contributed by atoms with E-state index in [1.54, 1.807) is 0 Å². The average Bonchev–Trinajstić information content (AvgIpc) is 2.39. The van der Waals surface area contributed by atoms with E-state index in [0.29, 0.717) is 12.3 Å². The van der Waals surface area contributed by atoms with Crippen molar-refractivity contribution < 1.29 is 4.79 Å². The third-order valence-corrected chi connectivity index (χ3v) is 4.48. The summed E-state index contributed by atoms with van der Waals surface area (Å²) in [6.45, 7) is 6.18. The first kappa shape index (κ1) is 18.5. The number of piperidine rings is 1. The Bertz CT molecular complexity index is 456. The molecule has 1 heterocycles. The van der Waals surface area contributed by atoms with Gasteiger partial charge in [0.1, 0.15) is 0 Å². The summed E-state index contributed by atoms with van der Waals surface area (Å²) in [6.07, 6.45) is 2.85. The van der Waals surface area contributed by atoms with Gasteiger partial charge in [-0.2, -0.15) is 0 Å². The topological polar surface area (TPSA) is 41.1 Å². The van der Waals surface area contributed by atoms with Crippen LogP contribution in [0.4, 0.5) is 0 Å². The lowest BCUT2D eigenvalue weighted by Crippen LogP contribution is -2.42. The quantitative estimate of drug-likeness (QED) is 0.844. The summed E-state index contributed by atoms with van der Waals surface area (Å²) in [6, 6.07) is 8.12. The molecule has 1 amide bonds. The van der Waals surface area contributed by atoms with Crippen LogP contribution in [0.5, 0.6) is 0 Å². The van der Waals surface area contributed by atoms with Crippen molar-refractivity contribution in [3.63, 3.8) is 0 Å². The summed E-state index contributed by atoms with van der Waals surface area (Å²) in [5.41, 5.74) is 0.796. The Morgan fingerprint density at radius 2 is 1.86 bits per heavy atom. The standard InChI is InChI=1S/C16H23BrN2O.ClH/c1-16(2,13-3-5-14(17)6-4-13)19-15(20)11-12-7-9-18-10-8-12;/h3-6,12,18H,7-11H2,1-2H3,(H,19,20);1H. The van der Waals surface area contributed by atoms with Crippen LogP contribution in [-0.2, 0) is 10.3 Å². The Labute approximate surface area is 141 Å². The smallest absolute Gasteiger partial charge is 0.220 e. The number of carbonyl (C=O) groups excluding carboxylic acids is 1. The van der Waals surface area contributed by atoms with E-state index in [1.807, 2.05) is 12.1 Å². The van der Waals surface area contributed by atoms with E-state index in [9.17, 15) is 4.79 Å². The third-order valence-electron chi connectivity index (χ3n) is 3.95. The summed E-state index contributed by atoms with van der Waals surface area (Å²) >= 11 is 3.44. The van der Waals surface area contributed by atoms with Crippen LogP contribution in [0.25, 0.3) is 0 Å². The lowest BCUT2D eigenvalue weighted by molar-refractivity contribution is -0.123. The van der Waals surface area contributed by atoms with Gasteiger partial charge in [0.2, 0.25) is 5.91 Å². The van der Waals surface area contributed by atoms with Crippen molar-refractivity contribution in [2.45, 2.75) is 38.6 Å². The highest BCUT2D eigenvalue weighted by Crippen LogP contribution is 2.23. The molecule has 1 aliphatic heterocycles. The van der Waals surface area contributed by atoms with Gasteiger partial charge in [-0.25, -0.2) is 0 Å². The molecule has 2 N–H and O–H groups in total. The predicted octanol–water partition coefficient (Wildman–Crippen LogP) is 3.61. The maximum Gasteiger partial charge on any atom is 0.220 e. The Morgan fingerprint density at radius 3 is 2.43 bits per heavy atom. The number of carbonyl (C=O) groups is 1. The minimum absolute atomic E-state index is 0. The van der Waals surface area contributed by atoms with Crippen molar-refractivity contribution in [3.05, 3.63) is 34.3 Å². The van der Waals surface area contributed by atoms with Crippen molar-refractivity contribution >= 4 is 34.2 Å². The Kier molecular flexibility index (Phi) is 7.17. The molecular formula is C16H24BrClN2O. The van der Waals surface area contributed by atoms with Gasteiger partial charge in [0.15, 0.2) is 0 Å².